The quantitative estimate of drug-likeness (QED) is 0.839. The van der Waals surface area contributed by atoms with Crippen molar-refractivity contribution < 1.29 is 9.50 Å². The van der Waals surface area contributed by atoms with Crippen LogP contribution in [0.4, 0.5) is 4.39 Å². The van der Waals surface area contributed by atoms with Crippen LogP contribution in [0.2, 0.25) is 0 Å². The topological polar surface area (TPSA) is 46.2 Å². The summed E-state index contributed by atoms with van der Waals surface area (Å²) >= 11 is 0. The van der Waals surface area contributed by atoms with Gasteiger partial charge < -0.3 is 10.8 Å². The number of hydrogen-bond donors (Lipinski definition) is 2. The highest BCUT2D eigenvalue weighted by Gasteiger charge is 2.15. The molecule has 1 rings (SSSR count). The molecule has 0 radical (unpaired) electrons. The lowest BCUT2D eigenvalue weighted by Gasteiger charge is -2.18. The van der Waals surface area contributed by atoms with Crippen LogP contribution in [0, 0.1) is 5.82 Å². The summed E-state index contributed by atoms with van der Waals surface area (Å²) in [6.45, 7) is 1.99. The van der Waals surface area contributed by atoms with Gasteiger partial charge in [-0.05, 0) is 24.1 Å². The van der Waals surface area contributed by atoms with Crippen molar-refractivity contribution in [3.05, 3.63) is 35.6 Å². The third kappa shape index (κ3) is 4.16. The molecule has 86 valence electrons. The monoisotopic (exact) mass is 233 g/mol. The van der Waals surface area contributed by atoms with Gasteiger partial charge in [-0.1, -0.05) is 25.5 Å². The number of aliphatic hydroxyl groups excluding tert-OH is 1. The van der Waals surface area contributed by atoms with E-state index in [2.05, 4.69) is 0 Å². The van der Waals surface area contributed by atoms with Crippen molar-refractivity contribution in [3.8, 4) is 0 Å². The summed E-state index contributed by atoms with van der Waals surface area (Å²) in [4.78, 5) is 0. The molecule has 4 heteroatoms. The molecule has 1 aromatic carbocycles. The van der Waals surface area contributed by atoms with Crippen molar-refractivity contribution in [3.63, 3.8) is 0 Å². The Balaban J connectivity index is 0.00000196. The van der Waals surface area contributed by atoms with Gasteiger partial charge >= 0.3 is 0 Å². The molecular formula is C11H17ClFNO. The van der Waals surface area contributed by atoms with Crippen molar-refractivity contribution >= 4 is 12.4 Å². The fourth-order valence-corrected chi connectivity index (χ4v) is 1.38. The van der Waals surface area contributed by atoms with Crippen molar-refractivity contribution in [1.29, 1.82) is 0 Å². The molecule has 0 aromatic heterocycles. The predicted octanol–water partition coefficient (Wildman–Crippen LogP) is 2.41. The minimum Gasteiger partial charge on any atom is -0.391 e. The van der Waals surface area contributed by atoms with Gasteiger partial charge in [-0.2, -0.15) is 0 Å². The van der Waals surface area contributed by atoms with Gasteiger partial charge in [0.05, 0.1) is 12.1 Å². The molecule has 0 bridgehead atoms. The third-order valence-electron chi connectivity index (χ3n) is 2.25. The first-order valence-electron chi connectivity index (χ1n) is 4.84. The zero-order valence-corrected chi connectivity index (χ0v) is 9.51. The molecule has 2 nitrogen and oxygen atoms in total. The fraction of sp³-hybridized carbons (Fsp3) is 0.455. The van der Waals surface area contributed by atoms with Gasteiger partial charge in [-0.15, -0.1) is 12.4 Å². The van der Waals surface area contributed by atoms with Crippen LogP contribution in [0.15, 0.2) is 24.3 Å². The van der Waals surface area contributed by atoms with Crippen LogP contribution in [0.1, 0.15) is 31.4 Å². The van der Waals surface area contributed by atoms with E-state index in [9.17, 15) is 9.50 Å². The Kier molecular flexibility index (Phi) is 6.48. The first-order valence-corrected chi connectivity index (χ1v) is 4.84. The Bertz CT molecular complexity index is 278. The number of aliphatic hydroxyl groups is 1. The van der Waals surface area contributed by atoms with Crippen LogP contribution in [-0.2, 0) is 0 Å². The molecule has 3 N–H and O–H groups in total. The highest BCUT2D eigenvalue weighted by atomic mass is 35.5. The van der Waals surface area contributed by atoms with E-state index < -0.39 is 12.1 Å². The van der Waals surface area contributed by atoms with E-state index in [1.54, 1.807) is 12.1 Å². The highest BCUT2D eigenvalue weighted by molar-refractivity contribution is 5.85. The number of benzene rings is 1. The van der Waals surface area contributed by atoms with E-state index >= 15 is 0 Å². The van der Waals surface area contributed by atoms with Gasteiger partial charge in [0.15, 0.2) is 0 Å². The second-order valence-corrected chi connectivity index (χ2v) is 3.43. The number of rotatable bonds is 4. The number of halogens is 2. The zero-order chi connectivity index (χ0) is 10.6. The van der Waals surface area contributed by atoms with Crippen LogP contribution in [0.25, 0.3) is 0 Å². The van der Waals surface area contributed by atoms with Gasteiger partial charge in [-0.25, -0.2) is 4.39 Å². The molecule has 0 saturated carbocycles. The molecule has 2 atom stereocenters. The number of nitrogens with two attached hydrogens (primary N) is 1. The molecule has 1 aromatic rings. The van der Waals surface area contributed by atoms with Gasteiger partial charge in [0.1, 0.15) is 5.82 Å². The molecule has 0 aliphatic rings. The van der Waals surface area contributed by atoms with Gasteiger partial charge in [0.2, 0.25) is 0 Å². The Morgan fingerprint density at radius 1 is 1.33 bits per heavy atom. The summed E-state index contributed by atoms with van der Waals surface area (Å²) < 4.78 is 12.6. The maximum atomic E-state index is 12.6. The van der Waals surface area contributed by atoms with Crippen molar-refractivity contribution in [2.24, 2.45) is 5.73 Å². The summed E-state index contributed by atoms with van der Waals surface area (Å²) in [5, 5.41) is 9.62. The smallest absolute Gasteiger partial charge is 0.123 e. The van der Waals surface area contributed by atoms with E-state index in [0.717, 1.165) is 12.0 Å². The predicted molar refractivity (Wildman–Crippen MR) is 61.5 cm³/mol. The molecule has 0 amide bonds. The third-order valence-corrected chi connectivity index (χ3v) is 2.25. The standard InChI is InChI=1S/C11H16FNO.ClH/c1-2-3-10(14)11(13)8-4-6-9(12)7-5-8;/h4-7,10-11,14H,2-3,13H2,1H3;1H/t10-,11+;/m0./s1. The van der Waals surface area contributed by atoms with E-state index in [-0.39, 0.29) is 18.2 Å². The molecular weight excluding hydrogens is 217 g/mol. The number of hydrogen-bond acceptors (Lipinski definition) is 2. The van der Waals surface area contributed by atoms with Crippen LogP contribution in [0.3, 0.4) is 0 Å². The minimum atomic E-state index is -0.550. The summed E-state index contributed by atoms with van der Waals surface area (Å²) in [6, 6.07) is 5.51. The van der Waals surface area contributed by atoms with E-state index in [1.807, 2.05) is 6.92 Å². The second-order valence-electron chi connectivity index (χ2n) is 3.43. The van der Waals surface area contributed by atoms with E-state index in [0.29, 0.717) is 6.42 Å². The van der Waals surface area contributed by atoms with Gasteiger partial charge in [-0.3, -0.25) is 0 Å². The normalized spacial score (nSPS) is 14.1. The summed E-state index contributed by atoms with van der Waals surface area (Å²) in [5.74, 6) is -0.286. The lowest BCUT2D eigenvalue weighted by atomic mass is 9.99. The molecule has 0 fully saturated rings. The Morgan fingerprint density at radius 2 is 1.87 bits per heavy atom. The Labute approximate surface area is 95.7 Å². The van der Waals surface area contributed by atoms with Gasteiger partial charge in [0.25, 0.3) is 0 Å². The summed E-state index contributed by atoms with van der Waals surface area (Å²) in [5.41, 5.74) is 6.57. The molecule has 0 aliphatic carbocycles. The SMILES string of the molecule is CCC[C@H](O)[C@H](N)c1ccc(F)cc1.Cl. The van der Waals surface area contributed by atoms with E-state index in [1.165, 1.54) is 12.1 Å². The summed E-state index contributed by atoms with van der Waals surface area (Å²) in [6.07, 6.45) is 1.000. The minimum absolute atomic E-state index is 0. The van der Waals surface area contributed by atoms with Crippen molar-refractivity contribution in [1.82, 2.24) is 0 Å². The Morgan fingerprint density at radius 3 is 2.33 bits per heavy atom. The van der Waals surface area contributed by atoms with Crippen LogP contribution in [0.5, 0.6) is 0 Å². The lowest BCUT2D eigenvalue weighted by Crippen LogP contribution is -2.25. The first kappa shape index (κ1) is 14.4. The zero-order valence-electron chi connectivity index (χ0n) is 8.69. The molecule has 0 saturated heterocycles. The average Bonchev–Trinajstić information content (AvgIpc) is 2.18. The van der Waals surface area contributed by atoms with Crippen molar-refractivity contribution in [2.45, 2.75) is 31.9 Å². The van der Waals surface area contributed by atoms with Gasteiger partial charge in [0, 0.05) is 0 Å². The molecule has 15 heavy (non-hydrogen) atoms. The average molecular weight is 234 g/mol. The molecule has 0 unspecified atom stereocenters. The lowest BCUT2D eigenvalue weighted by molar-refractivity contribution is 0.134. The van der Waals surface area contributed by atoms with Crippen LogP contribution in [-0.4, -0.2) is 11.2 Å². The molecule has 0 heterocycles. The first-order chi connectivity index (χ1) is 6.65. The largest absolute Gasteiger partial charge is 0.391 e. The van der Waals surface area contributed by atoms with Crippen molar-refractivity contribution in [2.75, 3.05) is 0 Å². The second kappa shape index (κ2) is 6.77. The highest BCUT2D eigenvalue weighted by Crippen LogP contribution is 2.17. The molecule has 0 spiro atoms. The maximum absolute atomic E-state index is 12.6. The van der Waals surface area contributed by atoms with Crippen LogP contribution >= 0.6 is 12.4 Å². The summed E-state index contributed by atoms with van der Waals surface area (Å²) in [7, 11) is 0. The Hall–Kier alpha value is -0.640. The van der Waals surface area contributed by atoms with E-state index in [4.69, 9.17) is 5.73 Å². The molecule has 0 aliphatic heterocycles. The van der Waals surface area contributed by atoms with Crippen LogP contribution < -0.4 is 5.73 Å². The maximum Gasteiger partial charge on any atom is 0.123 e. The fourth-order valence-electron chi connectivity index (χ4n) is 1.38.